The van der Waals surface area contributed by atoms with Gasteiger partial charge in [-0.3, -0.25) is 0 Å². The van der Waals surface area contributed by atoms with Crippen LogP contribution in [-0.2, 0) is 10.3 Å². The van der Waals surface area contributed by atoms with Gasteiger partial charge in [-0.15, -0.1) is 0 Å². The summed E-state index contributed by atoms with van der Waals surface area (Å²) in [6.07, 6.45) is 4.11. The van der Waals surface area contributed by atoms with Crippen molar-refractivity contribution in [3.05, 3.63) is 168 Å². The molecule has 5 aromatic carbocycles. The van der Waals surface area contributed by atoms with Crippen LogP contribution in [0.1, 0.15) is 36.0 Å². The fourth-order valence-electron chi connectivity index (χ4n) is 7.88. The summed E-state index contributed by atoms with van der Waals surface area (Å²) >= 11 is -2.27. The predicted octanol–water partition coefficient (Wildman–Crippen LogP) is 7.72. The molecule has 4 atom stereocenters. The van der Waals surface area contributed by atoms with Gasteiger partial charge in [0.2, 0.25) is 0 Å². The fraction of sp³-hybridized carbons (Fsp3) is 0.231. The van der Waals surface area contributed by atoms with Crippen molar-refractivity contribution in [2.45, 2.75) is 28.8 Å². The zero-order valence-electron chi connectivity index (χ0n) is 23.5. The molecule has 0 N–H and O–H groups in total. The van der Waals surface area contributed by atoms with E-state index < -0.39 is 25.4 Å². The molecule has 41 heavy (non-hydrogen) atoms. The minimum atomic E-state index is -2.27. The van der Waals surface area contributed by atoms with Crippen molar-refractivity contribution in [1.82, 2.24) is 0 Å². The van der Waals surface area contributed by atoms with Crippen molar-refractivity contribution in [3.63, 3.8) is 0 Å². The molecule has 2 aliphatic carbocycles. The molecule has 1 radical (unpaired) electrons. The van der Waals surface area contributed by atoms with Gasteiger partial charge in [-0.05, 0) is 0 Å². The van der Waals surface area contributed by atoms with Crippen molar-refractivity contribution >= 4 is 26.9 Å². The monoisotopic (exact) mass is 641 g/mol. The Morgan fingerprint density at radius 3 is 1.34 bits per heavy atom. The van der Waals surface area contributed by atoms with Gasteiger partial charge in [0.05, 0.1) is 0 Å². The van der Waals surface area contributed by atoms with Crippen LogP contribution < -0.4 is 7.16 Å². The molecule has 2 bridgehead atoms. The zero-order valence-corrected chi connectivity index (χ0v) is 26.3. The number of hydrogen-bond donors (Lipinski definition) is 0. The molecule has 0 saturated heterocycles. The van der Waals surface area contributed by atoms with Crippen LogP contribution in [0.3, 0.4) is 0 Å². The van der Waals surface area contributed by atoms with Crippen LogP contribution in [0.5, 0.6) is 0 Å². The summed E-state index contributed by atoms with van der Waals surface area (Å²) in [5.74, 6) is 2.16. The van der Waals surface area contributed by atoms with Crippen molar-refractivity contribution in [1.29, 1.82) is 0 Å². The van der Waals surface area contributed by atoms with Crippen molar-refractivity contribution < 1.29 is 4.74 Å². The summed E-state index contributed by atoms with van der Waals surface area (Å²) in [7, 11) is 0. The Bertz CT molecular complexity index is 1390. The van der Waals surface area contributed by atoms with E-state index in [1.807, 2.05) is 0 Å². The molecule has 0 unspecified atom stereocenters. The molecule has 0 heterocycles. The average molecular weight is 640 g/mol. The Kier molecular flexibility index (Phi) is 7.82. The molecule has 7 rings (SSSR count). The van der Waals surface area contributed by atoms with Gasteiger partial charge in [-0.1, -0.05) is 0 Å². The van der Waals surface area contributed by atoms with Crippen LogP contribution in [0.15, 0.2) is 152 Å². The van der Waals surface area contributed by atoms with E-state index in [0.717, 1.165) is 22.4 Å². The number of fused-ring (bicyclic) bond motifs is 2. The van der Waals surface area contributed by atoms with Crippen molar-refractivity contribution in [2.75, 3.05) is 6.61 Å². The number of rotatable bonds is 9. The standard InChI is InChI=1S/C27H27O.2C6H5.Sn/c1-4-10-24(11-5-1)27(25-12-6-2-7-13-25,26-14-8-3-9-15-26)28-20-23-19-21-16-17-22(23)18-21;2*1-2-4-6-5-3-1;/h1-15,19,21-23H,16-18,20H2;2*1-5H;/t21-,22+,23+;;;/m0.../s1. The molecule has 2 aliphatic rings. The molecule has 5 aromatic rings. The minimum absolute atomic E-state index is 0.582. The van der Waals surface area contributed by atoms with E-state index in [2.05, 4.69) is 152 Å². The van der Waals surface area contributed by atoms with Gasteiger partial charge in [0.25, 0.3) is 0 Å². The molecule has 2 saturated carbocycles. The van der Waals surface area contributed by atoms with Crippen LogP contribution in [0.4, 0.5) is 0 Å². The van der Waals surface area contributed by atoms with Crippen LogP contribution in [0.2, 0.25) is 3.93 Å². The topological polar surface area (TPSA) is 9.23 Å². The number of hydrogen-bond acceptors (Lipinski definition) is 1. The second kappa shape index (κ2) is 12.0. The number of benzene rings is 5. The normalized spacial score (nSPS) is 21.8. The summed E-state index contributed by atoms with van der Waals surface area (Å²) in [5.41, 5.74) is 2.94. The second-order valence-corrected chi connectivity index (χ2v) is 19.3. The van der Waals surface area contributed by atoms with Crippen LogP contribution >= 0.6 is 0 Å². The molecular formula is C39H37OSn. The van der Waals surface area contributed by atoms with E-state index in [1.165, 1.54) is 36.0 Å². The molecule has 0 aromatic heterocycles. The van der Waals surface area contributed by atoms with Crippen molar-refractivity contribution in [3.8, 4) is 0 Å². The maximum atomic E-state index is 7.51. The second-order valence-electron chi connectivity index (χ2n) is 11.8. The molecule has 203 valence electrons. The Balaban J connectivity index is 1.32. The Morgan fingerprint density at radius 1 is 0.512 bits per heavy atom. The Labute approximate surface area is 252 Å². The SMILES string of the molecule is c1cc[c]([Sn]([c]2ccccc2)[C@@H]2[C@H]3CC[C@H](C3)[C@H]2COC(c2ccccc2)(c2ccccc2)c2ccccc2)cc1. The van der Waals surface area contributed by atoms with E-state index in [0.29, 0.717) is 5.92 Å². The first-order chi connectivity index (χ1) is 20.3. The molecule has 0 spiro atoms. The third kappa shape index (κ3) is 5.08. The van der Waals surface area contributed by atoms with Crippen molar-refractivity contribution in [2.24, 2.45) is 17.8 Å². The summed E-state index contributed by atoms with van der Waals surface area (Å²) in [6, 6.07) is 55.7. The van der Waals surface area contributed by atoms with Gasteiger partial charge in [0, 0.05) is 0 Å². The van der Waals surface area contributed by atoms with Gasteiger partial charge in [-0.25, -0.2) is 0 Å². The van der Waals surface area contributed by atoms with Crippen LogP contribution in [0.25, 0.3) is 0 Å². The van der Waals surface area contributed by atoms with Crippen LogP contribution in [0, 0.1) is 17.8 Å². The first-order valence-corrected chi connectivity index (χ1v) is 19.6. The van der Waals surface area contributed by atoms with E-state index in [4.69, 9.17) is 4.74 Å². The van der Waals surface area contributed by atoms with Gasteiger partial charge in [-0.2, -0.15) is 0 Å². The molecule has 0 amide bonds. The first-order valence-electron chi connectivity index (χ1n) is 15.1. The summed E-state index contributed by atoms with van der Waals surface area (Å²) in [6.45, 7) is 0.786. The van der Waals surface area contributed by atoms with Gasteiger partial charge < -0.3 is 0 Å². The Hall–Kier alpha value is -3.14. The molecule has 2 fully saturated rings. The van der Waals surface area contributed by atoms with Gasteiger partial charge in [0.1, 0.15) is 0 Å². The average Bonchev–Trinajstić information content (AvgIpc) is 3.67. The molecule has 0 aliphatic heterocycles. The quantitative estimate of drug-likeness (QED) is 0.119. The maximum absolute atomic E-state index is 7.51. The zero-order chi connectivity index (χ0) is 27.5. The van der Waals surface area contributed by atoms with Gasteiger partial charge >= 0.3 is 253 Å². The molecule has 1 nitrogen and oxygen atoms in total. The molecular weight excluding hydrogens is 603 g/mol. The van der Waals surface area contributed by atoms with Crippen LogP contribution in [-0.4, -0.2) is 26.4 Å². The van der Waals surface area contributed by atoms with Gasteiger partial charge in [0.15, 0.2) is 0 Å². The summed E-state index contributed by atoms with van der Waals surface area (Å²) in [5, 5.41) is 0. The Morgan fingerprint density at radius 2 is 0.902 bits per heavy atom. The third-order valence-corrected chi connectivity index (χ3v) is 19.5. The van der Waals surface area contributed by atoms with E-state index in [1.54, 1.807) is 7.16 Å². The number of ether oxygens (including phenoxy) is 1. The summed E-state index contributed by atoms with van der Waals surface area (Å²) in [4.78, 5) is 0. The summed E-state index contributed by atoms with van der Waals surface area (Å²) < 4.78 is 11.5. The molecule has 2 heteroatoms. The third-order valence-electron chi connectivity index (χ3n) is 9.62. The first kappa shape index (κ1) is 26.7. The predicted molar refractivity (Wildman–Crippen MR) is 171 cm³/mol. The van der Waals surface area contributed by atoms with E-state index in [-0.39, 0.29) is 0 Å². The van der Waals surface area contributed by atoms with E-state index >= 15 is 0 Å². The fourth-order valence-corrected chi connectivity index (χ4v) is 18.7. The van der Waals surface area contributed by atoms with E-state index in [9.17, 15) is 0 Å².